The number of ketones is 2. The average Bonchev–Trinajstić information content (AvgIpc) is 2.66. The topological polar surface area (TPSA) is 95.7 Å². The number of hydrogen-bond acceptors (Lipinski definition) is 6. The van der Waals surface area contributed by atoms with Crippen molar-refractivity contribution in [1.29, 1.82) is 0 Å². The van der Waals surface area contributed by atoms with E-state index in [-0.39, 0.29) is 23.0 Å². The Morgan fingerprint density at radius 2 is 1.63 bits per heavy atom. The molecule has 1 aromatic rings. The molecule has 7 nitrogen and oxygen atoms in total. The molecule has 1 heterocycles. The fourth-order valence-corrected chi connectivity index (χ4v) is 4.18. The Hall–Kier alpha value is -2.96. The second kappa shape index (κ2) is 6.64. The standard InChI is InChI=1S/C20H19NO6/c1-26-15-9-8-11(10-12(15)21(24)25)18-19-13(22)4-2-6-16(19)27-17-7-3-5-14(23)20(17)18/h8-10,18H,2-7H2,1H3. The molecule has 0 atom stereocenters. The van der Waals surface area contributed by atoms with Crippen molar-refractivity contribution >= 4 is 17.3 Å². The lowest BCUT2D eigenvalue weighted by molar-refractivity contribution is -0.385. The summed E-state index contributed by atoms with van der Waals surface area (Å²) in [7, 11) is 1.37. The summed E-state index contributed by atoms with van der Waals surface area (Å²) in [4.78, 5) is 36.3. The molecule has 0 unspecified atom stereocenters. The highest BCUT2D eigenvalue weighted by molar-refractivity contribution is 6.05. The molecule has 0 spiro atoms. The Labute approximate surface area is 155 Å². The van der Waals surface area contributed by atoms with Gasteiger partial charge in [0.05, 0.1) is 12.0 Å². The van der Waals surface area contributed by atoms with Crippen LogP contribution in [0.4, 0.5) is 5.69 Å². The lowest BCUT2D eigenvalue weighted by atomic mass is 9.73. The summed E-state index contributed by atoms with van der Waals surface area (Å²) in [5, 5.41) is 11.5. The fraction of sp³-hybridized carbons (Fsp3) is 0.400. The smallest absolute Gasteiger partial charge is 0.311 e. The summed E-state index contributed by atoms with van der Waals surface area (Å²) in [6.07, 6.45) is 3.50. The first-order chi connectivity index (χ1) is 13.0. The van der Waals surface area contributed by atoms with Crippen LogP contribution in [0, 0.1) is 10.1 Å². The average molecular weight is 369 g/mol. The maximum absolute atomic E-state index is 12.7. The van der Waals surface area contributed by atoms with Gasteiger partial charge in [0.2, 0.25) is 0 Å². The highest BCUT2D eigenvalue weighted by Crippen LogP contribution is 2.48. The number of allylic oxidation sites excluding steroid dienone is 4. The fourth-order valence-electron chi connectivity index (χ4n) is 4.18. The lowest BCUT2D eigenvalue weighted by Gasteiger charge is -2.35. The molecule has 0 fully saturated rings. The van der Waals surface area contributed by atoms with E-state index in [1.165, 1.54) is 19.2 Å². The molecule has 1 aromatic carbocycles. The van der Waals surface area contributed by atoms with Crippen LogP contribution in [0.3, 0.4) is 0 Å². The summed E-state index contributed by atoms with van der Waals surface area (Å²) in [6, 6.07) is 4.62. The minimum absolute atomic E-state index is 0.0513. The van der Waals surface area contributed by atoms with E-state index in [1.54, 1.807) is 6.07 Å². The predicted octanol–water partition coefficient (Wildman–Crippen LogP) is 3.73. The van der Waals surface area contributed by atoms with Gasteiger partial charge in [-0.3, -0.25) is 19.7 Å². The van der Waals surface area contributed by atoms with Gasteiger partial charge in [0.15, 0.2) is 17.3 Å². The van der Waals surface area contributed by atoms with E-state index in [2.05, 4.69) is 0 Å². The van der Waals surface area contributed by atoms with Gasteiger partial charge >= 0.3 is 5.69 Å². The number of carbonyl (C=O) groups excluding carboxylic acids is 2. The van der Waals surface area contributed by atoms with Gasteiger partial charge < -0.3 is 9.47 Å². The van der Waals surface area contributed by atoms with Crippen LogP contribution < -0.4 is 4.74 Å². The Kier molecular flexibility index (Phi) is 4.30. The Morgan fingerprint density at radius 1 is 1.04 bits per heavy atom. The Balaban J connectivity index is 1.92. The van der Waals surface area contributed by atoms with Crippen LogP contribution in [-0.4, -0.2) is 23.6 Å². The molecule has 7 heteroatoms. The molecule has 3 aliphatic rings. The van der Waals surface area contributed by atoms with Crippen molar-refractivity contribution < 1.29 is 24.0 Å². The number of ether oxygens (including phenoxy) is 2. The Morgan fingerprint density at radius 3 is 2.15 bits per heavy atom. The van der Waals surface area contributed by atoms with E-state index in [1.807, 2.05) is 0 Å². The van der Waals surface area contributed by atoms with E-state index < -0.39 is 10.8 Å². The number of carbonyl (C=O) groups is 2. The summed E-state index contributed by atoms with van der Waals surface area (Å²) >= 11 is 0. The van der Waals surface area contributed by atoms with E-state index in [0.29, 0.717) is 66.8 Å². The third kappa shape index (κ3) is 2.83. The zero-order valence-electron chi connectivity index (χ0n) is 14.9. The van der Waals surface area contributed by atoms with Crippen LogP contribution in [0.5, 0.6) is 5.75 Å². The maximum atomic E-state index is 12.7. The first-order valence-corrected chi connectivity index (χ1v) is 9.04. The molecule has 1 aliphatic heterocycles. The number of nitrogens with zero attached hydrogens (tertiary/aromatic N) is 1. The number of rotatable bonds is 3. The third-order valence-electron chi connectivity index (χ3n) is 5.37. The van der Waals surface area contributed by atoms with Crippen LogP contribution in [0.25, 0.3) is 0 Å². The predicted molar refractivity (Wildman–Crippen MR) is 95.2 cm³/mol. The molecule has 0 saturated heterocycles. The molecule has 0 aromatic heterocycles. The van der Waals surface area contributed by atoms with Gasteiger partial charge in [-0.25, -0.2) is 0 Å². The van der Waals surface area contributed by atoms with Crippen molar-refractivity contribution in [2.24, 2.45) is 0 Å². The van der Waals surface area contributed by atoms with Crippen molar-refractivity contribution in [3.05, 3.63) is 56.5 Å². The second-order valence-electron chi connectivity index (χ2n) is 6.95. The molecule has 0 saturated carbocycles. The number of methoxy groups -OCH3 is 1. The van der Waals surface area contributed by atoms with Crippen molar-refractivity contribution in [1.82, 2.24) is 0 Å². The summed E-state index contributed by atoms with van der Waals surface area (Å²) in [5.74, 6) is 0.666. The van der Waals surface area contributed by atoms with Crippen molar-refractivity contribution in [3.8, 4) is 5.75 Å². The summed E-state index contributed by atoms with van der Waals surface area (Å²) < 4.78 is 11.0. The lowest BCUT2D eigenvalue weighted by Crippen LogP contribution is -2.30. The zero-order valence-corrected chi connectivity index (χ0v) is 14.9. The number of benzene rings is 1. The number of Topliss-reactive ketones (excluding diaryl/α,β-unsaturated/α-hetero) is 2. The van der Waals surface area contributed by atoms with Gasteiger partial charge in [0.25, 0.3) is 0 Å². The molecular weight excluding hydrogens is 350 g/mol. The summed E-state index contributed by atoms with van der Waals surface area (Å²) in [5.41, 5.74) is 1.33. The van der Waals surface area contributed by atoms with Crippen molar-refractivity contribution in [2.45, 2.75) is 44.4 Å². The van der Waals surface area contributed by atoms with Crippen LogP contribution in [0.15, 0.2) is 40.9 Å². The van der Waals surface area contributed by atoms with Gasteiger partial charge in [0.1, 0.15) is 11.5 Å². The Bertz CT molecular complexity index is 884. The molecule has 0 radical (unpaired) electrons. The molecule has 4 rings (SSSR count). The van der Waals surface area contributed by atoms with Crippen LogP contribution in [0.1, 0.15) is 50.0 Å². The molecule has 0 amide bonds. The quantitative estimate of drug-likeness (QED) is 0.595. The van der Waals surface area contributed by atoms with Gasteiger partial charge in [-0.15, -0.1) is 0 Å². The highest BCUT2D eigenvalue weighted by atomic mass is 16.6. The molecule has 0 N–H and O–H groups in total. The molecule has 27 heavy (non-hydrogen) atoms. The van der Waals surface area contributed by atoms with Gasteiger partial charge in [-0.1, -0.05) is 6.07 Å². The van der Waals surface area contributed by atoms with Gasteiger partial charge in [-0.2, -0.15) is 0 Å². The molecule has 2 aliphatic carbocycles. The van der Waals surface area contributed by atoms with Gasteiger partial charge in [0, 0.05) is 48.8 Å². The molecular formula is C20H19NO6. The van der Waals surface area contributed by atoms with E-state index in [0.717, 1.165) is 0 Å². The molecule has 140 valence electrons. The molecule has 0 bridgehead atoms. The van der Waals surface area contributed by atoms with Crippen LogP contribution in [0.2, 0.25) is 0 Å². The van der Waals surface area contributed by atoms with Crippen molar-refractivity contribution in [2.75, 3.05) is 7.11 Å². The second-order valence-corrected chi connectivity index (χ2v) is 6.95. The minimum Gasteiger partial charge on any atom is -0.490 e. The normalized spacial score (nSPS) is 20.2. The highest BCUT2D eigenvalue weighted by Gasteiger charge is 2.42. The first kappa shape index (κ1) is 17.5. The van der Waals surface area contributed by atoms with Crippen LogP contribution in [-0.2, 0) is 14.3 Å². The monoisotopic (exact) mass is 369 g/mol. The van der Waals surface area contributed by atoms with E-state index in [9.17, 15) is 19.7 Å². The third-order valence-corrected chi connectivity index (χ3v) is 5.37. The van der Waals surface area contributed by atoms with Crippen LogP contribution >= 0.6 is 0 Å². The van der Waals surface area contributed by atoms with E-state index >= 15 is 0 Å². The largest absolute Gasteiger partial charge is 0.490 e. The number of nitro groups is 1. The maximum Gasteiger partial charge on any atom is 0.311 e. The first-order valence-electron chi connectivity index (χ1n) is 9.04. The van der Waals surface area contributed by atoms with Gasteiger partial charge in [-0.05, 0) is 24.5 Å². The number of hydrogen-bond donors (Lipinski definition) is 0. The van der Waals surface area contributed by atoms with E-state index in [4.69, 9.17) is 9.47 Å². The summed E-state index contributed by atoms with van der Waals surface area (Å²) in [6.45, 7) is 0. The zero-order chi connectivity index (χ0) is 19.1. The minimum atomic E-state index is -0.603. The van der Waals surface area contributed by atoms with Crippen molar-refractivity contribution in [3.63, 3.8) is 0 Å². The SMILES string of the molecule is COc1ccc(C2C3=C(CCCC3=O)OC3=C2C(=O)CCC3)cc1[N+](=O)[O-]. The number of nitro benzene ring substituents is 1.